The van der Waals surface area contributed by atoms with Gasteiger partial charge in [0.05, 0.1) is 18.6 Å². The molecule has 3 N–H and O–H groups in total. The Labute approximate surface area is 123 Å². The molecule has 5 heteroatoms. The van der Waals surface area contributed by atoms with Gasteiger partial charge in [-0.3, -0.25) is 4.79 Å². The largest absolute Gasteiger partial charge is 0.376 e. The van der Waals surface area contributed by atoms with E-state index in [2.05, 4.69) is 5.32 Å². The molecule has 0 aromatic heterocycles. The molecular weight excluding hydrogens is 276 g/mol. The van der Waals surface area contributed by atoms with Crippen molar-refractivity contribution in [3.05, 3.63) is 34.9 Å². The van der Waals surface area contributed by atoms with Crippen LogP contribution in [0.15, 0.2) is 24.3 Å². The summed E-state index contributed by atoms with van der Waals surface area (Å²) in [5, 5.41) is 3.65. The lowest BCUT2D eigenvalue weighted by molar-refractivity contribution is -0.138. The maximum Gasteiger partial charge on any atom is 0.224 e. The van der Waals surface area contributed by atoms with E-state index in [1.807, 2.05) is 18.2 Å². The van der Waals surface area contributed by atoms with Gasteiger partial charge in [-0.1, -0.05) is 23.7 Å². The summed E-state index contributed by atoms with van der Waals surface area (Å²) in [7, 11) is 0. The van der Waals surface area contributed by atoms with Crippen molar-refractivity contribution in [1.82, 2.24) is 5.32 Å². The smallest absolute Gasteiger partial charge is 0.224 e. The summed E-state index contributed by atoms with van der Waals surface area (Å²) in [6, 6.07) is 7.31. The first-order valence-electron chi connectivity index (χ1n) is 7.06. The van der Waals surface area contributed by atoms with Crippen LogP contribution in [-0.4, -0.2) is 30.7 Å². The molecule has 1 aliphatic heterocycles. The van der Waals surface area contributed by atoms with E-state index in [4.69, 9.17) is 22.1 Å². The number of fused-ring (bicyclic) bond motifs is 1. The zero-order chi connectivity index (χ0) is 14.1. The average molecular weight is 295 g/mol. The van der Waals surface area contributed by atoms with Crippen LogP contribution in [0.25, 0.3) is 0 Å². The van der Waals surface area contributed by atoms with Gasteiger partial charge in [-0.2, -0.15) is 0 Å². The van der Waals surface area contributed by atoms with Gasteiger partial charge in [-0.25, -0.2) is 0 Å². The molecule has 1 saturated carbocycles. The number of hydrogen-bond acceptors (Lipinski definition) is 3. The summed E-state index contributed by atoms with van der Waals surface area (Å²) in [4.78, 5) is 12.1. The normalized spacial score (nSPS) is 32.1. The zero-order valence-electron chi connectivity index (χ0n) is 11.2. The van der Waals surface area contributed by atoms with Crippen molar-refractivity contribution in [2.45, 2.75) is 37.5 Å². The molecule has 1 aromatic carbocycles. The molecule has 1 amide bonds. The molecule has 108 valence electrons. The number of halogens is 1. The highest BCUT2D eigenvalue weighted by Gasteiger charge is 2.50. The van der Waals surface area contributed by atoms with Crippen LogP contribution in [-0.2, 0) is 16.0 Å². The van der Waals surface area contributed by atoms with Crippen molar-refractivity contribution in [3.63, 3.8) is 0 Å². The third-order valence-electron chi connectivity index (χ3n) is 4.26. The number of benzene rings is 1. The second-order valence-corrected chi connectivity index (χ2v) is 6.06. The first-order valence-corrected chi connectivity index (χ1v) is 7.44. The topological polar surface area (TPSA) is 64.3 Å². The molecule has 4 nitrogen and oxygen atoms in total. The highest BCUT2D eigenvalue weighted by molar-refractivity contribution is 6.30. The minimum absolute atomic E-state index is 0.0172. The molecule has 20 heavy (non-hydrogen) atoms. The predicted octanol–water partition coefficient (Wildman–Crippen LogP) is 1.50. The molecule has 2 aliphatic rings. The van der Waals surface area contributed by atoms with Crippen LogP contribution < -0.4 is 11.1 Å². The van der Waals surface area contributed by atoms with E-state index in [0.717, 1.165) is 25.0 Å². The number of amides is 1. The molecular formula is C15H19ClN2O2. The van der Waals surface area contributed by atoms with Crippen LogP contribution in [0.5, 0.6) is 0 Å². The van der Waals surface area contributed by atoms with Crippen LogP contribution in [0.4, 0.5) is 0 Å². The van der Waals surface area contributed by atoms with E-state index < -0.39 is 0 Å². The number of rotatable bonds is 3. The van der Waals surface area contributed by atoms with Crippen molar-refractivity contribution in [1.29, 1.82) is 0 Å². The number of ether oxygens (including phenoxy) is 1. The monoisotopic (exact) mass is 294 g/mol. The van der Waals surface area contributed by atoms with E-state index in [0.29, 0.717) is 17.4 Å². The average Bonchev–Trinajstić information content (AvgIpc) is 2.44. The molecule has 4 unspecified atom stereocenters. The summed E-state index contributed by atoms with van der Waals surface area (Å²) in [5.74, 6) is 0.376. The Morgan fingerprint density at radius 2 is 2.35 bits per heavy atom. The van der Waals surface area contributed by atoms with Gasteiger partial charge in [0.15, 0.2) is 0 Å². The van der Waals surface area contributed by atoms with Crippen molar-refractivity contribution in [2.75, 3.05) is 6.61 Å². The second-order valence-electron chi connectivity index (χ2n) is 5.62. The number of nitrogens with two attached hydrogens (primary N) is 1. The van der Waals surface area contributed by atoms with Gasteiger partial charge < -0.3 is 15.8 Å². The minimum atomic E-state index is -0.0491. The maximum atomic E-state index is 12.1. The summed E-state index contributed by atoms with van der Waals surface area (Å²) in [6.07, 6.45) is 2.59. The summed E-state index contributed by atoms with van der Waals surface area (Å²) in [5.41, 5.74) is 7.03. The Kier molecular flexibility index (Phi) is 3.96. The summed E-state index contributed by atoms with van der Waals surface area (Å²) in [6.45, 7) is 0.772. The molecule has 1 aliphatic carbocycles. The van der Waals surface area contributed by atoms with Crippen molar-refractivity contribution in [2.24, 2.45) is 11.7 Å². The van der Waals surface area contributed by atoms with Crippen molar-refractivity contribution in [3.8, 4) is 0 Å². The molecule has 0 bridgehead atoms. The van der Waals surface area contributed by atoms with E-state index >= 15 is 0 Å². The van der Waals surface area contributed by atoms with Crippen LogP contribution in [0.2, 0.25) is 5.02 Å². The van der Waals surface area contributed by atoms with Crippen LogP contribution in [0.3, 0.4) is 0 Å². The molecule has 2 fully saturated rings. The standard InChI is InChI=1S/C15H19ClN2O2/c16-10-4-1-3-9(7-10)8-12(19)18-14-13(17)11-5-2-6-20-15(11)14/h1,3-4,7,11,13-15H,2,5-6,8,17H2,(H,18,19). The Morgan fingerprint density at radius 1 is 1.50 bits per heavy atom. The molecule has 1 saturated heterocycles. The Morgan fingerprint density at radius 3 is 3.15 bits per heavy atom. The lowest BCUT2D eigenvalue weighted by Crippen LogP contribution is -2.72. The van der Waals surface area contributed by atoms with Gasteiger partial charge in [0, 0.05) is 23.6 Å². The lowest BCUT2D eigenvalue weighted by atomic mass is 9.68. The van der Waals surface area contributed by atoms with Crippen molar-refractivity contribution >= 4 is 17.5 Å². The summed E-state index contributed by atoms with van der Waals surface area (Å²) >= 11 is 5.92. The minimum Gasteiger partial charge on any atom is -0.376 e. The number of nitrogens with one attached hydrogen (secondary N) is 1. The predicted molar refractivity (Wildman–Crippen MR) is 77.5 cm³/mol. The van der Waals surface area contributed by atoms with Crippen LogP contribution >= 0.6 is 11.6 Å². The highest BCUT2D eigenvalue weighted by Crippen LogP contribution is 2.36. The Bertz CT molecular complexity index is 508. The van der Waals surface area contributed by atoms with Crippen molar-refractivity contribution < 1.29 is 9.53 Å². The maximum absolute atomic E-state index is 12.1. The van der Waals surface area contributed by atoms with E-state index in [1.54, 1.807) is 6.07 Å². The van der Waals surface area contributed by atoms with Gasteiger partial charge >= 0.3 is 0 Å². The Balaban J connectivity index is 1.57. The number of carbonyl (C=O) groups is 1. The second kappa shape index (κ2) is 5.72. The van der Waals surface area contributed by atoms with Gasteiger partial charge in [0.1, 0.15) is 0 Å². The molecule has 0 radical (unpaired) electrons. The van der Waals surface area contributed by atoms with E-state index in [-0.39, 0.29) is 24.1 Å². The quantitative estimate of drug-likeness (QED) is 0.888. The third kappa shape index (κ3) is 2.68. The first-order chi connectivity index (χ1) is 9.65. The molecule has 0 spiro atoms. The fraction of sp³-hybridized carbons (Fsp3) is 0.533. The van der Waals surface area contributed by atoms with E-state index in [9.17, 15) is 4.79 Å². The lowest BCUT2D eigenvalue weighted by Gasteiger charge is -2.52. The number of carbonyl (C=O) groups excluding carboxylic acids is 1. The summed E-state index contributed by atoms with van der Waals surface area (Å²) < 4.78 is 5.71. The van der Waals surface area contributed by atoms with Crippen LogP contribution in [0.1, 0.15) is 18.4 Å². The van der Waals surface area contributed by atoms with Gasteiger partial charge in [-0.05, 0) is 30.5 Å². The molecule has 1 heterocycles. The molecule has 3 rings (SSSR count). The fourth-order valence-corrected chi connectivity index (χ4v) is 3.41. The Hall–Kier alpha value is -1.10. The molecule has 4 atom stereocenters. The molecule has 1 aromatic rings. The number of hydrogen-bond donors (Lipinski definition) is 2. The van der Waals surface area contributed by atoms with Gasteiger partial charge in [-0.15, -0.1) is 0 Å². The van der Waals surface area contributed by atoms with E-state index in [1.165, 1.54) is 0 Å². The first kappa shape index (κ1) is 13.9. The van der Waals surface area contributed by atoms with Gasteiger partial charge in [0.2, 0.25) is 5.91 Å². The zero-order valence-corrected chi connectivity index (χ0v) is 12.0. The van der Waals surface area contributed by atoms with Gasteiger partial charge in [0.25, 0.3) is 0 Å². The third-order valence-corrected chi connectivity index (χ3v) is 4.49. The highest BCUT2D eigenvalue weighted by atomic mass is 35.5. The SMILES string of the molecule is NC1C2CCCOC2C1NC(=O)Cc1cccc(Cl)c1. The van der Waals surface area contributed by atoms with Crippen LogP contribution in [0, 0.1) is 5.92 Å². The fourth-order valence-electron chi connectivity index (χ4n) is 3.20.